The van der Waals surface area contributed by atoms with Gasteiger partial charge in [0, 0.05) is 30.9 Å². The molecule has 0 amide bonds. The molecule has 2 atom stereocenters. The lowest BCUT2D eigenvalue weighted by Crippen LogP contribution is -2.36. The maximum Gasteiger partial charge on any atom is 0.0588 e. The Labute approximate surface area is 114 Å². The van der Waals surface area contributed by atoms with E-state index in [1.165, 1.54) is 5.56 Å². The minimum absolute atomic E-state index is 0.0533. The lowest BCUT2D eigenvalue weighted by molar-refractivity contribution is 0.232. The molecule has 4 nitrogen and oxygen atoms in total. The summed E-state index contributed by atoms with van der Waals surface area (Å²) in [5.74, 6) is 0. The monoisotopic (exact) mass is 259 g/mol. The second-order valence-corrected chi connectivity index (χ2v) is 4.90. The summed E-state index contributed by atoms with van der Waals surface area (Å²) in [7, 11) is 1.91. The summed E-state index contributed by atoms with van der Waals surface area (Å²) in [6.07, 6.45) is 4.67. The first kappa shape index (κ1) is 13.8. The Kier molecular flexibility index (Phi) is 4.71. The van der Waals surface area contributed by atoms with E-state index in [-0.39, 0.29) is 18.7 Å². The average Bonchev–Trinajstić information content (AvgIpc) is 2.86. The van der Waals surface area contributed by atoms with E-state index in [2.05, 4.69) is 29.5 Å². The van der Waals surface area contributed by atoms with Gasteiger partial charge >= 0.3 is 0 Å². The van der Waals surface area contributed by atoms with E-state index in [1.54, 1.807) is 4.68 Å². The van der Waals surface area contributed by atoms with Gasteiger partial charge in [-0.3, -0.25) is 4.68 Å². The molecule has 0 bridgehead atoms. The van der Waals surface area contributed by atoms with Crippen molar-refractivity contribution in [2.75, 3.05) is 6.61 Å². The normalized spacial score (nSPS) is 14.3. The van der Waals surface area contributed by atoms with E-state index in [0.29, 0.717) is 0 Å². The van der Waals surface area contributed by atoms with E-state index >= 15 is 0 Å². The van der Waals surface area contributed by atoms with Crippen LogP contribution in [0.1, 0.15) is 24.1 Å². The van der Waals surface area contributed by atoms with E-state index in [1.807, 2.05) is 37.6 Å². The maximum atomic E-state index is 9.51. The number of aliphatic hydroxyl groups excluding tert-OH is 1. The number of rotatable bonds is 6. The van der Waals surface area contributed by atoms with Gasteiger partial charge in [0.1, 0.15) is 0 Å². The van der Waals surface area contributed by atoms with Crippen LogP contribution < -0.4 is 5.32 Å². The first-order valence-corrected chi connectivity index (χ1v) is 6.58. The van der Waals surface area contributed by atoms with Crippen LogP contribution in [0, 0.1) is 0 Å². The first-order valence-electron chi connectivity index (χ1n) is 6.58. The van der Waals surface area contributed by atoms with Crippen molar-refractivity contribution in [2.45, 2.75) is 25.4 Å². The molecule has 1 unspecified atom stereocenters. The molecule has 1 aromatic heterocycles. The summed E-state index contributed by atoms with van der Waals surface area (Å²) in [6.45, 7) is 2.21. The van der Waals surface area contributed by atoms with Gasteiger partial charge in [-0.1, -0.05) is 30.3 Å². The number of hydrogen-bond donors (Lipinski definition) is 2. The molecular weight excluding hydrogens is 238 g/mol. The molecule has 0 spiro atoms. The van der Waals surface area contributed by atoms with Crippen molar-refractivity contribution in [3.63, 3.8) is 0 Å². The molecule has 2 rings (SSSR count). The SMILES string of the molecule is CC(N[C@H](CO)Cc1ccccc1)c1cnn(C)c1. The molecule has 1 aromatic carbocycles. The highest BCUT2D eigenvalue weighted by atomic mass is 16.3. The average molecular weight is 259 g/mol. The fraction of sp³-hybridized carbons (Fsp3) is 0.400. The molecule has 0 saturated carbocycles. The van der Waals surface area contributed by atoms with Crippen LogP contribution in [0.4, 0.5) is 0 Å². The number of hydrogen-bond acceptors (Lipinski definition) is 3. The Morgan fingerprint density at radius 1 is 1.32 bits per heavy atom. The number of nitrogens with one attached hydrogen (secondary N) is 1. The Bertz CT molecular complexity index is 495. The van der Waals surface area contributed by atoms with Gasteiger partial charge in [0.05, 0.1) is 12.8 Å². The zero-order valence-corrected chi connectivity index (χ0v) is 11.5. The van der Waals surface area contributed by atoms with E-state index in [9.17, 15) is 5.11 Å². The zero-order valence-electron chi connectivity index (χ0n) is 11.5. The standard InChI is InChI=1S/C15H21N3O/c1-12(14-9-16-18(2)10-14)17-15(11-19)8-13-6-4-3-5-7-13/h3-7,9-10,12,15,17,19H,8,11H2,1-2H3/t12?,15-/m0/s1. The zero-order chi connectivity index (χ0) is 13.7. The predicted octanol–water partition coefficient (Wildman–Crippen LogP) is 1.67. The van der Waals surface area contributed by atoms with Crippen LogP contribution in [0.5, 0.6) is 0 Å². The molecule has 0 saturated heterocycles. The summed E-state index contributed by atoms with van der Waals surface area (Å²) in [5.41, 5.74) is 2.36. The highest BCUT2D eigenvalue weighted by Crippen LogP contribution is 2.13. The van der Waals surface area contributed by atoms with E-state index in [0.717, 1.165) is 12.0 Å². The molecule has 0 fully saturated rings. The number of benzene rings is 1. The second kappa shape index (κ2) is 6.50. The fourth-order valence-electron chi connectivity index (χ4n) is 2.19. The molecule has 2 N–H and O–H groups in total. The summed E-state index contributed by atoms with van der Waals surface area (Å²) < 4.78 is 1.79. The molecule has 0 aliphatic carbocycles. The largest absolute Gasteiger partial charge is 0.395 e. The van der Waals surface area contributed by atoms with Gasteiger partial charge in [-0.15, -0.1) is 0 Å². The molecular formula is C15H21N3O. The molecule has 1 heterocycles. The molecule has 0 aliphatic heterocycles. The van der Waals surface area contributed by atoms with Gasteiger partial charge in [0.15, 0.2) is 0 Å². The second-order valence-electron chi connectivity index (χ2n) is 4.90. The van der Waals surface area contributed by atoms with Gasteiger partial charge in [0.2, 0.25) is 0 Å². The van der Waals surface area contributed by atoms with E-state index < -0.39 is 0 Å². The summed E-state index contributed by atoms with van der Waals surface area (Å²) >= 11 is 0. The first-order chi connectivity index (χ1) is 9.19. The Morgan fingerprint density at radius 3 is 2.63 bits per heavy atom. The molecule has 0 radical (unpaired) electrons. The quantitative estimate of drug-likeness (QED) is 0.829. The number of aliphatic hydroxyl groups is 1. The third-order valence-corrected chi connectivity index (χ3v) is 3.26. The van der Waals surface area contributed by atoms with Gasteiger partial charge in [0.25, 0.3) is 0 Å². The summed E-state index contributed by atoms with van der Waals surface area (Å²) in [6, 6.07) is 10.4. The minimum atomic E-state index is 0.0533. The van der Waals surface area contributed by atoms with Gasteiger partial charge < -0.3 is 10.4 Å². The van der Waals surface area contributed by atoms with Crippen molar-refractivity contribution in [1.82, 2.24) is 15.1 Å². The molecule has 0 aliphatic rings. The Balaban J connectivity index is 1.95. The topological polar surface area (TPSA) is 50.1 Å². The predicted molar refractivity (Wildman–Crippen MR) is 75.8 cm³/mol. The van der Waals surface area contributed by atoms with Crippen molar-refractivity contribution in [2.24, 2.45) is 7.05 Å². The van der Waals surface area contributed by atoms with Gasteiger partial charge in [-0.2, -0.15) is 5.10 Å². The lowest BCUT2D eigenvalue weighted by Gasteiger charge is -2.21. The Hall–Kier alpha value is -1.65. The van der Waals surface area contributed by atoms with Crippen LogP contribution in [-0.4, -0.2) is 27.5 Å². The third-order valence-electron chi connectivity index (χ3n) is 3.26. The van der Waals surface area contributed by atoms with Crippen molar-refractivity contribution >= 4 is 0 Å². The summed E-state index contributed by atoms with van der Waals surface area (Å²) in [5, 5.41) is 17.1. The van der Waals surface area contributed by atoms with Crippen LogP contribution in [-0.2, 0) is 13.5 Å². The number of aryl methyl sites for hydroxylation is 1. The molecule has 19 heavy (non-hydrogen) atoms. The molecule has 2 aromatic rings. The van der Waals surface area contributed by atoms with E-state index in [4.69, 9.17) is 0 Å². The highest BCUT2D eigenvalue weighted by molar-refractivity contribution is 5.16. The van der Waals surface area contributed by atoms with Crippen molar-refractivity contribution in [1.29, 1.82) is 0 Å². The molecule has 102 valence electrons. The highest BCUT2D eigenvalue weighted by Gasteiger charge is 2.14. The van der Waals surface area contributed by atoms with Gasteiger partial charge in [-0.05, 0) is 18.9 Å². The van der Waals surface area contributed by atoms with Crippen LogP contribution >= 0.6 is 0 Å². The van der Waals surface area contributed by atoms with Crippen LogP contribution in [0.25, 0.3) is 0 Å². The van der Waals surface area contributed by atoms with Crippen molar-refractivity contribution in [3.05, 3.63) is 53.9 Å². The third kappa shape index (κ3) is 3.91. The smallest absolute Gasteiger partial charge is 0.0588 e. The molecule has 4 heteroatoms. The Morgan fingerprint density at radius 2 is 2.05 bits per heavy atom. The summed E-state index contributed by atoms with van der Waals surface area (Å²) in [4.78, 5) is 0. The van der Waals surface area contributed by atoms with Gasteiger partial charge in [-0.25, -0.2) is 0 Å². The van der Waals surface area contributed by atoms with Crippen molar-refractivity contribution < 1.29 is 5.11 Å². The lowest BCUT2D eigenvalue weighted by atomic mass is 10.0. The van der Waals surface area contributed by atoms with Crippen LogP contribution in [0.3, 0.4) is 0 Å². The number of nitrogens with zero attached hydrogens (tertiary/aromatic N) is 2. The van der Waals surface area contributed by atoms with Crippen LogP contribution in [0.15, 0.2) is 42.7 Å². The minimum Gasteiger partial charge on any atom is -0.395 e. The van der Waals surface area contributed by atoms with Crippen LogP contribution in [0.2, 0.25) is 0 Å². The van der Waals surface area contributed by atoms with Crippen molar-refractivity contribution in [3.8, 4) is 0 Å². The maximum absolute atomic E-state index is 9.51. The number of aromatic nitrogens is 2. The fourth-order valence-corrected chi connectivity index (χ4v) is 2.19.